The van der Waals surface area contributed by atoms with Crippen LogP contribution >= 0.6 is 0 Å². The molecule has 0 radical (unpaired) electrons. The molecule has 0 spiro atoms. The molecule has 2 aromatic carbocycles. The summed E-state index contributed by atoms with van der Waals surface area (Å²) in [5, 5.41) is 4.17. The minimum absolute atomic E-state index is 0.125. The molecule has 2 heterocycles. The maximum absolute atomic E-state index is 13.5. The molecule has 0 N–H and O–H groups in total. The predicted octanol–water partition coefficient (Wildman–Crippen LogP) is 4.44. The van der Waals surface area contributed by atoms with E-state index in [-0.39, 0.29) is 17.4 Å². The minimum atomic E-state index is -0.357. The van der Waals surface area contributed by atoms with Crippen molar-refractivity contribution in [3.8, 4) is 11.4 Å². The zero-order chi connectivity index (χ0) is 19.1. The van der Waals surface area contributed by atoms with E-state index in [0.717, 1.165) is 43.4 Å². The highest BCUT2D eigenvalue weighted by Gasteiger charge is 2.54. The summed E-state index contributed by atoms with van der Waals surface area (Å²) in [6.45, 7) is 2.80. The van der Waals surface area contributed by atoms with E-state index in [4.69, 9.17) is 4.52 Å². The fourth-order valence-corrected chi connectivity index (χ4v) is 4.24. The van der Waals surface area contributed by atoms with Gasteiger partial charge in [-0.1, -0.05) is 65.3 Å². The van der Waals surface area contributed by atoms with Crippen LogP contribution in [-0.4, -0.2) is 27.5 Å². The van der Waals surface area contributed by atoms with E-state index < -0.39 is 0 Å². The third-order valence-electron chi connectivity index (χ3n) is 6.04. The number of hydrogen-bond acceptors (Lipinski definition) is 4. The Bertz CT molecular complexity index is 990. The predicted molar refractivity (Wildman–Crippen MR) is 106 cm³/mol. The molecule has 1 unspecified atom stereocenters. The number of aryl methyl sites for hydroxylation is 1. The second-order valence-electron chi connectivity index (χ2n) is 7.93. The number of nitrogens with zero attached hydrogens (tertiary/aromatic N) is 3. The monoisotopic (exact) mass is 373 g/mol. The molecule has 0 bridgehead atoms. The van der Waals surface area contributed by atoms with E-state index in [1.165, 1.54) is 5.56 Å². The third kappa shape index (κ3) is 2.82. The van der Waals surface area contributed by atoms with Gasteiger partial charge in [-0.2, -0.15) is 4.98 Å². The number of rotatable bonds is 4. The van der Waals surface area contributed by atoms with Crippen molar-refractivity contribution >= 4 is 5.91 Å². The fourth-order valence-electron chi connectivity index (χ4n) is 4.24. The summed E-state index contributed by atoms with van der Waals surface area (Å²) in [5.41, 5.74) is 2.88. The highest BCUT2D eigenvalue weighted by atomic mass is 16.5. The number of benzene rings is 2. The van der Waals surface area contributed by atoms with Gasteiger partial charge in [-0.15, -0.1) is 0 Å². The van der Waals surface area contributed by atoms with Crippen molar-refractivity contribution in [1.29, 1.82) is 0 Å². The lowest BCUT2D eigenvalue weighted by atomic mass is 9.94. The molecule has 142 valence electrons. The van der Waals surface area contributed by atoms with E-state index in [0.29, 0.717) is 11.7 Å². The zero-order valence-corrected chi connectivity index (χ0v) is 16.0. The molecule has 1 saturated carbocycles. The van der Waals surface area contributed by atoms with E-state index in [9.17, 15) is 4.79 Å². The van der Waals surface area contributed by atoms with Gasteiger partial charge in [0.15, 0.2) is 0 Å². The lowest BCUT2D eigenvalue weighted by Crippen LogP contribution is -2.39. The van der Waals surface area contributed by atoms with E-state index in [1.54, 1.807) is 0 Å². The van der Waals surface area contributed by atoms with E-state index in [2.05, 4.69) is 22.3 Å². The second-order valence-corrected chi connectivity index (χ2v) is 7.93. The molecule has 1 aromatic heterocycles. The number of hydrogen-bond donors (Lipinski definition) is 0. The van der Waals surface area contributed by atoms with Crippen LogP contribution in [0.1, 0.15) is 48.7 Å². The summed E-state index contributed by atoms with van der Waals surface area (Å²) in [6.07, 6.45) is 3.66. The Morgan fingerprint density at radius 3 is 2.57 bits per heavy atom. The zero-order valence-electron chi connectivity index (χ0n) is 16.0. The summed E-state index contributed by atoms with van der Waals surface area (Å²) in [7, 11) is 0. The summed E-state index contributed by atoms with van der Waals surface area (Å²) in [4.78, 5) is 20.1. The summed E-state index contributed by atoms with van der Waals surface area (Å²) in [5.74, 6) is 1.33. The molecule has 5 heteroatoms. The van der Waals surface area contributed by atoms with Crippen LogP contribution in [0.25, 0.3) is 11.4 Å². The number of aromatic nitrogens is 2. The third-order valence-corrected chi connectivity index (χ3v) is 6.04. The topological polar surface area (TPSA) is 59.2 Å². The molecule has 1 aliphatic carbocycles. The lowest BCUT2D eigenvalue weighted by Gasteiger charge is -2.27. The Kier molecular flexibility index (Phi) is 4.04. The highest BCUT2D eigenvalue weighted by Crippen LogP contribution is 2.51. The molecule has 28 heavy (non-hydrogen) atoms. The molecule has 5 rings (SSSR count). The van der Waals surface area contributed by atoms with Gasteiger partial charge in [-0.3, -0.25) is 4.79 Å². The molecule has 1 aliphatic heterocycles. The SMILES string of the molecule is Cc1ccc(-c2noc(C3CCCN3C(=O)C3(c4ccccc4)CC3)n2)cc1. The van der Waals surface area contributed by atoms with E-state index in [1.807, 2.05) is 54.3 Å². The van der Waals surface area contributed by atoms with Gasteiger partial charge in [-0.05, 0) is 38.2 Å². The van der Waals surface area contributed by atoms with Crippen molar-refractivity contribution in [3.05, 3.63) is 71.6 Å². The molecule has 2 aliphatic rings. The van der Waals surface area contributed by atoms with Crippen LogP contribution in [0.3, 0.4) is 0 Å². The van der Waals surface area contributed by atoms with Crippen LogP contribution in [0, 0.1) is 6.92 Å². The molecular formula is C23H23N3O2. The van der Waals surface area contributed by atoms with Crippen molar-refractivity contribution in [3.63, 3.8) is 0 Å². The molecule has 1 amide bonds. The average Bonchev–Trinajstić information content (AvgIpc) is 3.15. The van der Waals surface area contributed by atoms with Crippen LogP contribution in [0.5, 0.6) is 0 Å². The molecular weight excluding hydrogens is 350 g/mol. The Hall–Kier alpha value is -2.95. The van der Waals surface area contributed by atoms with Crippen LogP contribution in [0.2, 0.25) is 0 Å². The first-order chi connectivity index (χ1) is 13.7. The van der Waals surface area contributed by atoms with Crippen LogP contribution in [-0.2, 0) is 10.2 Å². The Morgan fingerprint density at radius 1 is 1.11 bits per heavy atom. The summed E-state index contributed by atoms with van der Waals surface area (Å²) >= 11 is 0. The Labute approximate surface area is 164 Å². The van der Waals surface area contributed by atoms with Gasteiger partial charge >= 0.3 is 0 Å². The lowest BCUT2D eigenvalue weighted by molar-refractivity contribution is -0.135. The van der Waals surface area contributed by atoms with Crippen molar-refractivity contribution in [1.82, 2.24) is 15.0 Å². The minimum Gasteiger partial charge on any atom is -0.337 e. The van der Waals surface area contributed by atoms with Gasteiger partial charge in [0, 0.05) is 12.1 Å². The van der Waals surface area contributed by atoms with Gasteiger partial charge in [0.05, 0.1) is 5.41 Å². The summed E-state index contributed by atoms with van der Waals surface area (Å²) in [6, 6.07) is 18.1. The molecule has 1 saturated heterocycles. The average molecular weight is 373 g/mol. The van der Waals surface area contributed by atoms with Crippen molar-refractivity contribution in [2.75, 3.05) is 6.54 Å². The van der Waals surface area contributed by atoms with Gasteiger partial charge in [-0.25, -0.2) is 0 Å². The first-order valence-electron chi connectivity index (χ1n) is 9.95. The largest absolute Gasteiger partial charge is 0.337 e. The smallest absolute Gasteiger partial charge is 0.249 e. The molecule has 1 atom stereocenters. The van der Waals surface area contributed by atoms with Gasteiger partial charge in [0.2, 0.25) is 17.6 Å². The van der Waals surface area contributed by atoms with Crippen LogP contribution < -0.4 is 0 Å². The van der Waals surface area contributed by atoms with Crippen molar-refractivity contribution in [2.24, 2.45) is 0 Å². The van der Waals surface area contributed by atoms with Crippen molar-refractivity contribution < 1.29 is 9.32 Å². The van der Waals surface area contributed by atoms with Crippen molar-refractivity contribution in [2.45, 2.75) is 44.1 Å². The molecule has 2 fully saturated rings. The number of likely N-dealkylation sites (tertiary alicyclic amines) is 1. The normalized spacial score (nSPS) is 20.3. The first-order valence-corrected chi connectivity index (χ1v) is 9.95. The van der Waals surface area contributed by atoms with Gasteiger partial charge in [0.25, 0.3) is 0 Å². The summed E-state index contributed by atoms with van der Waals surface area (Å²) < 4.78 is 5.60. The van der Waals surface area contributed by atoms with Crippen LogP contribution in [0.4, 0.5) is 0 Å². The van der Waals surface area contributed by atoms with Crippen LogP contribution in [0.15, 0.2) is 59.1 Å². The second kappa shape index (κ2) is 6.59. The Morgan fingerprint density at radius 2 is 1.86 bits per heavy atom. The van der Waals surface area contributed by atoms with E-state index >= 15 is 0 Å². The highest BCUT2D eigenvalue weighted by molar-refractivity contribution is 5.91. The first kappa shape index (κ1) is 17.2. The quantitative estimate of drug-likeness (QED) is 0.678. The maximum Gasteiger partial charge on any atom is 0.249 e. The Balaban J connectivity index is 1.40. The number of amides is 1. The maximum atomic E-state index is 13.5. The standard InChI is InChI=1S/C23H23N3O2/c1-16-9-11-17(12-10-16)20-24-21(28-25-20)19-8-5-15-26(19)22(27)23(13-14-23)18-6-3-2-4-7-18/h2-4,6-7,9-12,19H,5,8,13-15H2,1H3. The van der Waals surface area contributed by atoms with Gasteiger partial charge in [0.1, 0.15) is 6.04 Å². The number of carbonyl (C=O) groups is 1. The molecule has 5 nitrogen and oxygen atoms in total. The number of carbonyl (C=O) groups excluding carboxylic acids is 1. The molecule has 3 aromatic rings. The van der Waals surface area contributed by atoms with Gasteiger partial charge < -0.3 is 9.42 Å². The fraction of sp³-hybridized carbons (Fsp3) is 0.348.